The third-order valence-electron chi connectivity index (χ3n) is 4.00. The van der Waals surface area contributed by atoms with Gasteiger partial charge in [0.15, 0.2) is 0 Å². The van der Waals surface area contributed by atoms with E-state index in [0.717, 1.165) is 0 Å². The molecule has 2 aromatic carbocycles. The molecule has 6 nitrogen and oxygen atoms in total. The zero-order chi connectivity index (χ0) is 19.9. The minimum Gasteiger partial charge on any atom is -0.464 e. The first-order chi connectivity index (χ1) is 13.3. The number of nitrogens with zero attached hydrogens (tertiary/aromatic N) is 2. The highest BCUT2D eigenvalue weighted by atomic mass is 19.4. The van der Waals surface area contributed by atoms with E-state index < -0.39 is 12.5 Å². The lowest BCUT2D eigenvalue weighted by atomic mass is 10.0. The number of hydrogen-bond donors (Lipinski definition) is 1. The molecule has 4 aromatic rings. The lowest BCUT2D eigenvalue weighted by Crippen LogP contribution is -2.17. The molecule has 2 aromatic heterocycles. The van der Waals surface area contributed by atoms with Gasteiger partial charge in [-0.3, -0.25) is 0 Å². The summed E-state index contributed by atoms with van der Waals surface area (Å²) < 4.78 is 52.4. The number of benzene rings is 2. The summed E-state index contributed by atoms with van der Waals surface area (Å²) >= 11 is 0. The minimum atomic E-state index is -4.77. The third kappa shape index (κ3) is 3.56. The van der Waals surface area contributed by atoms with Crippen molar-refractivity contribution in [2.45, 2.75) is 19.4 Å². The average Bonchev–Trinajstić information content (AvgIpc) is 3.27. The van der Waals surface area contributed by atoms with E-state index in [-0.39, 0.29) is 17.5 Å². The van der Waals surface area contributed by atoms with Gasteiger partial charge in [-0.15, -0.1) is 23.4 Å². The van der Waals surface area contributed by atoms with Gasteiger partial charge in [0, 0.05) is 16.5 Å². The van der Waals surface area contributed by atoms with Crippen LogP contribution in [0.5, 0.6) is 5.75 Å². The zero-order valence-corrected chi connectivity index (χ0v) is 14.4. The van der Waals surface area contributed by atoms with Gasteiger partial charge in [0.25, 0.3) is 0 Å². The maximum atomic E-state index is 12.5. The Balaban J connectivity index is 1.75. The first kappa shape index (κ1) is 18.1. The number of aromatic nitrogens is 2. The molecule has 0 bridgehead atoms. The summed E-state index contributed by atoms with van der Waals surface area (Å²) in [6.45, 7) is 1.50. The fraction of sp³-hybridized carbons (Fsp3) is 0.158. The van der Waals surface area contributed by atoms with Crippen molar-refractivity contribution in [3.63, 3.8) is 0 Å². The predicted octanol–water partition coefficient (Wildman–Crippen LogP) is 5.10. The summed E-state index contributed by atoms with van der Waals surface area (Å²) in [5.74, 6) is -0.0346. The molecule has 0 saturated heterocycles. The Bertz CT molecular complexity index is 1130. The Morgan fingerprint density at radius 3 is 2.61 bits per heavy atom. The van der Waals surface area contributed by atoms with Crippen LogP contribution < -0.4 is 4.74 Å². The number of aliphatic hydroxyl groups excluding tert-OH is 1. The molecule has 0 saturated carbocycles. The van der Waals surface area contributed by atoms with Gasteiger partial charge < -0.3 is 18.7 Å². The first-order valence-corrected chi connectivity index (χ1v) is 8.19. The first-order valence-electron chi connectivity index (χ1n) is 8.19. The number of alkyl halides is 3. The van der Waals surface area contributed by atoms with Gasteiger partial charge in [0.2, 0.25) is 11.8 Å². The molecule has 0 aliphatic carbocycles. The molecule has 0 amide bonds. The maximum Gasteiger partial charge on any atom is 0.573 e. The Kier molecular flexibility index (Phi) is 4.31. The van der Waals surface area contributed by atoms with Crippen LogP contribution in [0.25, 0.3) is 33.6 Å². The molecule has 0 spiro atoms. The number of rotatable bonds is 4. The van der Waals surface area contributed by atoms with Crippen LogP contribution in [-0.4, -0.2) is 21.7 Å². The number of furan rings is 1. The highest BCUT2D eigenvalue weighted by Crippen LogP contribution is 2.35. The highest BCUT2D eigenvalue weighted by molar-refractivity contribution is 5.96. The summed E-state index contributed by atoms with van der Waals surface area (Å²) in [5.41, 5.74) is 2.20. The van der Waals surface area contributed by atoms with Crippen LogP contribution in [0.4, 0.5) is 13.2 Å². The number of ether oxygens (including phenoxy) is 1. The molecule has 28 heavy (non-hydrogen) atoms. The number of hydrogen-bond acceptors (Lipinski definition) is 6. The minimum absolute atomic E-state index is 0.0829. The van der Waals surface area contributed by atoms with Gasteiger partial charge in [-0.25, -0.2) is 0 Å². The largest absolute Gasteiger partial charge is 0.573 e. The monoisotopic (exact) mass is 390 g/mol. The van der Waals surface area contributed by atoms with E-state index in [1.807, 2.05) is 0 Å². The molecule has 2 heterocycles. The molecule has 1 atom stereocenters. The van der Waals surface area contributed by atoms with Crippen molar-refractivity contribution in [1.29, 1.82) is 0 Å². The predicted molar refractivity (Wildman–Crippen MR) is 92.3 cm³/mol. The summed E-state index contributed by atoms with van der Waals surface area (Å²) in [5, 5.41) is 17.8. The number of aliphatic hydroxyl groups is 1. The van der Waals surface area contributed by atoms with Crippen molar-refractivity contribution in [1.82, 2.24) is 10.2 Å². The Labute approximate surface area is 156 Å². The van der Waals surface area contributed by atoms with Crippen molar-refractivity contribution in [2.75, 3.05) is 0 Å². The standard InChI is InChI=1S/C19H13F3N2O4/c1-10(25)17-23-24-18(27-17)12-5-6-16-14(8-12)15(9-26-16)11-3-2-4-13(7-11)28-19(20,21)22/h2-10,25H,1H3/t10-/m1/s1. The van der Waals surface area contributed by atoms with Crippen molar-refractivity contribution >= 4 is 11.0 Å². The molecule has 0 aliphatic rings. The molecule has 0 aliphatic heterocycles. The smallest absolute Gasteiger partial charge is 0.464 e. The van der Waals surface area contributed by atoms with Gasteiger partial charge in [0.1, 0.15) is 17.4 Å². The molecule has 0 fully saturated rings. The van der Waals surface area contributed by atoms with Crippen molar-refractivity contribution in [3.8, 4) is 28.3 Å². The van der Waals surface area contributed by atoms with Crippen LogP contribution in [-0.2, 0) is 0 Å². The van der Waals surface area contributed by atoms with E-state index in [9.17, 15) is 18.3 Å². The van der Waals surface area contributed by atoms with E-state index in [1.54, 1.807) is 24.3 Å². The molecule has 1 N–H and O–H groups in total. The fourth-order valence-electron chi connectivity index (χ4n) is 2.77. The lowest BCUT2D eigenvalue weighted by Gasteiger charge is -2.09. The third-order valence-corrected chi connectivity index (χ3v) is 4.00. The van der Waals surface area contributed by atoms with Gasteiger partial charge in [-0.2, -0.15) is 0 Å². The van der Waals surface area contributed by atoms with E-state index in [0.29, 0.717) is 27.7 Å². The van der Waals surface area contributed by atoms with Crippen LogP contribution in [0.3, 0.4) is 0 Å². The fourth-order valence-corrected chi connectivity index (χ4v) is 2.77. The summed E-state index contributed by atoms with van der Waals surface area (Å²) in [6.07, 6.45) is -4.22. The van der Waals surface area contributed by atoms with Crippen molar-refractivity contribution in [2.24, 2.45) is 0 Å². The van der Waals surface area contributed by atoms with Gasteiger partial charge in [-0.1, -0.05) is 12.1 Å². The molecule has 0 unspecified atom stereocenters. The second-order valence-corrected chi connectivity index (χ2v) is 6.06. The lowest BCUT2D eigenvalue weighted by molar-refractivity contribution is -0.274. The molecule has 9 heteroatoms. The van der Waals surface area contributed by atoms with Crippen LogP contribution in [0.1, 0.15) is 18.9 Å². The highest BCUT2D eigenvalue weighted by Gasteiger charge is 2.31. The number of fused-ring (bicyclic) bond motifs is 1. The summed E-state index contributed by atoms with van der Waals surface area (Å²) in [7, 11) is 0. The van der Waals surface area contributed by atoms with Gasteiger partial charge >= 0.3 is 6.36 Å². The Hall–Kier alpha value is -3.33. The van der Waals surface area contributed by atoms with Crippen LogP contribution >= 0.6 is 0 Å². The van der Waals surface area contributed by atoms with E-state index in [2.05, 4.69) is 14.9 Å². The van der Waals surface area contributed by atoms with E-state index in [1.165, 1.54) is 31.4 Å². The van der Waals surface area contributed by atoms with E-state index in [4.69, 9.17) is 8.83 Å². The molecule has 4 rings (SSSR count). The average molecular weight is 390 g/mol. The van der Waals surface area contributed by atoms with Crippen LogP contribution in [0.15, 0.2) is 57.6 Å². The van der Waals surface area contributed by atoms with Crippen LogP contribution in [0.2, 0.25) is 0 Å². The molecule has 144 valence electrons. The van der Waals surface area contributed by atoms with Crippen molar-refractivity contribution < 1.29 is 31.8 Å². The SMILES string of the molecule is C[C@@H](O)c1nnc(-c2ccc3occ(-c4cccc(OC(F)(F)F)c4)c3c2)o1. The summed E-state index contributed by atoms with van der Waals surface area (Å²) in [6, 6.07) is 10.7. The zero-order valence-electron chi connectivity index (χ0n) is 14.4. The normalized spacial score (nSPS) is 13.0. The number of halogens is 3. The Morgan fingerprint density at radius 2 is 1.89 bits per heavy atom. The van der Waals surface area contributed by atoms with Crippen LogP contribution in [0, 0.1) is 0 Å². The maximum absolute atomic E-state index is 12.5. The topological polar surface area (TPSA) is 81.5 Å². The second-order valence-electron chi connectivity index (χ2n) is 6.06. The molecular formula is C19H13F3N2O4. The van der Waals surface area contributed by atoms with E-state index >= 15 is 0 Å². The van der Waals surface area contributed by atoms with Gasteiger partial charge in [0.05, 0.1) is 6.26 Å². The molecular weight excluding hydrogens is 377 g/mol. The summed E-state index contributed by atoms with van der Waals surface area (Å²) in [4.78, 5) is 0. The quantitative estimate of drug-likeness (QED) is 0.522. The van der Waals surface area contributed by atoms with Crippen molar-refractivity contribution in [3.05, 3.63) is 54.6 Å². The molecule has 0 radical (unpaired) electrons. The van der Waals surface area contributed by atoms with Gasteiger partial charge in [-0.05, 0) is 42.8 Å². The Morgan fingerprint density at radius 1 is 1.07 bits per heavy atom. The second kappa shape index (κ2) is 6.68.